The predicted octanol–water partition coefficient (Wildman–Crippen LogP) is 3.10. The molecule has 0 fully saturated rings. The van der Waals surface area contributed by atoms with E-state index in [9.17, 15) is 31.2 Å². The van der Waals surface area contributed by atoms with Crippen molar-refractivity contribution >= 4 is 32.5 Å². The standard InChI is InChI=1S/C19H16F3N3O4S/c1-2-24-30(28,29)12-8-6-11(7-9-12)25-18(27)14-10-23-16-13(17(14)26)4-3-5-15(16)19(20,21)22/h3-10,24H,2H2,1H3,(H,23,26)(H,25,27). The number of rotatable bonds is 5. The van der Waals surface area contributed by atoms with Crippen molar-refractivity contribution in [1.82, 2.24) is 9.71 Å². The molecule has 0 aliphatic heterocycles. The van der Waals surface area contributed by atoms with Crippen LogP contribution in [0.1, 0.15) is 22.8 Å². The maximum absolute atomic E-state index is 13.1. The van der Waals surface area contributed by atoms with E-state index in [0.717, 1.165) is 18.3 Å². The van der Waals surface area contributed by atoms with Crippen molar-refractivity contribution in [3.8, 4) is 0 Å². The molecule has 0 aliphatic carbocycles. The number of hydrogen-bond acceptors (Lipinski definition) is 4. The highest BCUT2D eigenvalue weighted by Gasteiger charge is 2.33. The van der Waals surface area contributed by atoms with Gasteiger partial charge in [0.15, 0.2) is 0 Å². The highest BCUT2D eigenvalue weighted by atomic mass is 32.2. The van der Waals surface area contributed by atoms with Crippen LogP contribution in [-0.2, 0) is 16.2 Å². The average Bonchev–Trinajstić information content (AvgIpc) is 2.67. The number of H-pyrrole nitrogens is 1. The fourth-order valence-corrected chi connectivity index (χ4v) is 3.89. The Bertz CT molecular complexity index is 1270. The van der Waals surface area contributed by atoms with Gasteiger partial charge in [-0.1, -0.05) is 13.0 Å². The van der Waals surface area contributed by atoms with Gasteiger partial charge in [0.2, 0.25) is 15.5 Å². The first-order valence-electron chi connectivity index (χ1n) is 8.67. The van der Waals surface area contributed by atoms with Crippen LogP contribution in [0.2, 0.25) is 0 Å². The number of carbonyl (C=O) groups excluding carboxylic acids is 1. The maximum Gasteiger partial charge on any atom is 0.418 e. The fourth-order valence-electron chi connectivity index (χ4n) is 2.85. The number of fused-ring (bicyclic) bond motifs is 1. The van der Waals surface area contributed by atoms with Crippen LogP contribution in [0.15, 0.2) is 58.4 Å². The smallest absolute Gasteiger partial charge is 0.360 e. The quantitative estimate of drug-likeness (QED) is 0.568. The second-order valence-corrected chi connectivity index (χ2v) is 8.00. The van der Waals surface area contributed by atoms with Crippen molar-refractivity contribution in [3.05, 3.63) is 70.0 Å². The monoisotopic (exact) mass is 439 g/mol. The fraction of sp³-hybridized carbons (Fsp3) is 0.158. The third kappa shape index (κ3) is 4.21. The van der Waals surface area contributed by atoms with Crippen molar-refractivity contribution in [2.45, 2.75) is 18.0 Å². The van der Waals surface area contributed by atoms with E-state index in [0.29, 0.717) is 0 Å². The Morgan fingerprint density at radius 1 is 1.10 bits per heavy atom. The Kier molecular flexibility index (Phi) is 5.68. The molecule has 0 spiro atoms. The number of hydrogen-bond donors (Lipinski definition) is 3. The zero-order chi connectivity index (χ0) is 22.1. The normalized spacial score (nSPS) is 12.1. The van der Waals surface area contributed by atoms with Gasteiger partial charge in [0.25, 0.3) is 5.91 Å². The SMILES string of the molecule is CCNS(=O)(=O)c1ccc(NC(=O)c2c[nH]c3c(C(F)(F)F)cccc3c2=O)cc1. The minimum absolute atomic E-state index is 0.00872. The van der Waals surface area contributed by atoms with Crippen LogP contribution in [0.5, 0.6) is 0 Å². The molecule has 0 aliphatic rings. The molecular weight excluding hydrogens is 423 g/mol. The predicted molar refractivity (Wildman–Crippen MR) is 105 cm³/mol. The van der Waals surface area contributed by atoms with Gasteiger partial charge in [-0.05, 0) is 36.4 Å². The number of sulfonamides is 1. The number of aromatic nitrogens is 1. The molecule has 0 atom stereocenters. The van der Waals surface area contributed by atoms with E-state index in [2.05, 4.69) is 15.0 Å². The molecule has 11 heteroatoms. The van der Waals surface area contributed by atoms with Crippen LogP contribution in [0.3, 0.4) is 0 Å². The molecule has 0 saturated heterocycles. The number of alkyl halides is 3. The highest BCUT2D eigenvalue weighted by Crippen LogP contribution is 2.33. The van der Waals surface area contributed by atoms with Crippen molar-refractivity contribution < 1.29 is 26.4 Å². The molecule has 158 valence electrons. The minimum atomic E-state index is -4.67. The van der Waals surface area contributed by atoms with Crippen molar-refractivity contribution in [3.63, 3.8) is 0 Å². The molecule has 0 bridgehead atoms. The molecule has 1 heterocycles. The van der Waals surface area contributed by atoms with Gasteiger partial charge in [0, 0.05) is 23.8 Å². The Labute approximate surface area is 169 Å². The number of anilines is 1. The summed E-state index contributed by atoms with van der Waals surface area (Å²) in [6.07, 6.45) is -3.75. The van der Waals surface area contributed by atoms with Crippen LogP contribution < -0.4 is 15.5 Å². The second-order valence-electron chi connectivity index (χ2n) is 6.24. The number of para-hydroxylation sites is 1. The largest absolute Gasteiger partial charge is 0.418 e. The van der Waals surface area contributed by atoms with Gasteiger partial charge in [0.1, 0.15) is 5.56 Å². The first-order valence-corrected chi connectivity index (χ1v) is 10.2. The molecular formula is C19H16F3N3O4S. The lowest BCUT2D eigenvalue weighted by Gasteiger charge is -2.11. The van der Waals surface area contributed by atoms with Crippen molar-refractivity contribution in [2.24, 2.45) is 0 Å². The average molecular weight is 439 g/mol. The zero-order valence-corrected chi connectivity index (χ0v) is 16.3. The summed E-state index contributed by atoms with van der Waals surface area (Å²) in [7, 11) is -3.66. The van der Waals surface area contributed by atoms with Crippen molar-refractivity contribution in [2.75, 3.05) is 11.9 Å². The molecule has 0 radical (unpaired) electrons. The van der Waals surface area contributed by atoms with Gasteiger partial charge in [-0.2, -0.15) is 13.2 Å². The van der Waals surface area contributed by atoms with Gasteiger partial charge in [-0.3, -0.25) is 9.59 Å². The zero-order valence-electron chi connectivity index (χ0n) is 15.5. The summed E-state index contributed by atoms with van der Waals surface area (Å²) in [6.45, 7) is 1.84. The summed E-state index contributed by atoms with van der Waals surface area (Å²) in [5.74, 6) is -0.849. The van der Waals surface area contributed by atoms with Crippen LogP contribution in [-0.4, -0.2) is 25.9 Å². The Hall–Kier alpha value is -3.18. The third-order valence-corrected chi connectivity index (χ3v) is 5.78. The molecule has 0 unspecified atom stereocenters. The Balaban J connectivity index is 1.91. The molecule has 3 N–H and O–H groups in total. The van der Waals surface area contributed by atoms with E-state index in [-0.39, 0.29) is 28.1 Å². The number of aromatic amines is 1. The summed E-state index contributed by atoms with van der Waals surface area (Å²) in [4.78, 5) is 27.4. The topological polar surface area (TPSA) is 108 Å². The number of nitrogens with one attached hydrogen (secondary N) is 3. The molecule has 1 amide bonds. The van der Waals surface area contributed by atoms with E-state index in [1.807, 2.05) is 0 Å². The number of benzene rings is 2. The molecule has 3 rings (SSSR count). The number of pyridine rings is 1. The first kappa shape index (κ1) is 21.5. The molecule has 30 heavy (non-hydrogen) atoms. The maximum atomic E-state index is 13.1. The summed E-state index contributed by atoms with van der Waals surface area (Å²) in [5.41, 5.74) is -2.46. The molecule has 2 aromatic carbocycles. The molecule has 0 saturated carbocycles. The van der Waals surface area contributed by atoms with E-state index >= 15 is 0 Å². The number of halogens is 3. The Morgan fingerprint density at radius 3 is 2.37 bits per heavy atom. The summed E-state index contributed by atoms with van der Waals surface area (Å²) in [5, 5.41) is 2.15. The lowest BCUT2D eigenvalue weighted by atomic mass is 10.1. The summed E-state index contributed by atoms with van der Waals surface area (Å²) in [6, 6.07) is 8.33. The van der Waals surface area contributed by atoms with Crippen LogP contribution >= 0.6 is 0 Å². The van der Waals surface area contributed by atoms with E-state index in [4.69, 9.17) is 0 Å². The molecule has 3 aromatic rings. The van der Waals surface area contributed by atoms with Gasteiger partial charge in [-0.15, -0.1) is 0 Å². The van der Waals surface area contributed by atoms with Gasteiger partial charge >= 0.3 is 6.18 Å². The van der Waals surface area contributed by atoms with Gasteiger partial charge in [-0.25, -0.2) is 13.1 Å². The van der Waals surface area contributed by atoms with Gasteiger partial charge < -0.3 is 10.3 Å². The Morgan fingerprint density at radius 2 is 1.77 bits per heavy atom. The van der Waals surface area contributed by atoms with E-state index < -0.39 is 38.6 Å². The summed E-state index contributed by atoms with van der Waals surface area (Å²) < 4.78 is 65.5. The minimum Gasteiger partial charge on any atom is -0.360 e. The van der Waals surface area contributed by atoms with Crippen molar-refractivity contribution in [1.29, 1.82) is 0 Å². The van der Waals surface area contributed by atoms with Crippen LogP contribution in [0.25, 0.3) is 10.9 Å². The highest BCUT2D eigenvalue weighted by molar-refractivity contribution is 7.89. The first-order chi connectivity index (χ1) is 14.0. The van der Waals surface area contributed by atoms with Crippen LogP contribution in [0.4, 0.5) is 18.9 Å². The van der Waals surface area contributed by atoms with E-state index in [1.54, 1.807) is 6.92 Å². The lowest BCUT2D eigenvalue weighted by Crippen LogP contribution is -2.24. The molecule has 1 aromatic heterocycles. The summed E-state index contributed by atoms with van der Waals surface area (Å²) >= 11 is 0. The molecule has 7 nitrogen and oxygen atoms in total. The van der Waals surface area contributed by atoms with E-state index in [1.165, 1.54) is 30.3 Å². The number of carbonyl (C=O) groups is 1. The van der Waals surface area contributed by atoms with Crippen LogP contribution in [0, 0.1) is 0 Å². The van der Waals surface area contributed by atoms with Gasteiger partial charge in [0.05, 0.1) is 16.0 Å². The number of amides is 1. The second kappa shape index (κ2) is 7.92. The third-order valence-electron chi connectivity index (χ3n) is 4.22. The lowest BCUT2D eigenvalue weighted by molar-refractivity contribution is -0.136.